The number of terminal acetylenes is 1. The maximum Gasteiger partial charge on any atom is 0.302 e. The maximum absolute atomic E-state index is 10.1. The zero-order valence-electron chi connectivity index (χ0n) is 7.10. The van der Waals surface area contributed by atoms with Crippen molar-refractivity contribution in [3.63, 3.8) is 0 Å². The van der Waals surface area contributed by atoms with Crippen molar-refractivity contribution in [2.75, 3.05) is 0 Å². The molecule has 0 aliphatic rings. The molecule has 0 atom stereocenters. The number of rotatable bonds is 0. The van der Waals surface area contributed by atoms with E-state index in [1.54, 1.807) is 5.92 Å². The summed E-state index contributed by atoms with van der Waals surface area (Å²) >= 11 is 0. The molecule has 0 bridgehead atoms. The number of nitrogens with one attached hydrogen (secondary N) is 1. The molecule has 0 aromatic heterocycles. The van der Waals surface area contributed by atoms with Gasteiger partial charge in [0.05, 0.1) is 0 Å². The van der Waals surface area contributed by atoms with Crippen molar-refractivity contribution in [2.45, 2.75) is 27.2 Å². The summed E-state index contributed by atoms with van der Waals surface area (Å²) in [6.07, 6.45) is 5.86. The fraction of sp³-hybridized carbons (Fsp3) is 0.500. The molecule has 0 aromatic rings. The van der Waals surface area contributed by atoms with E-state index in [9.17, 15) is 9.59 Å². The second-order valence-corrected chi connectivity index (χ2v) is 1.86. The van der Waals surface area contributed by atoms with Crippen LogP contribution in [0.1, 0.15) is 28.6 Å². The Bertz CT molecular complexity index is 172. The average Bonchev–Trinajstić information content (AvgIpc) is 1.88. The molecule has 0 unspecified atom stereocenters. The lowest BCUT2D eigenvalue weighted by atomic mass is 10.6. The highest BCUT2D eigenvalue weighted by Crippen LogP contribution is 1.59. The van der Waals surface area contributed by atoms with Crippen LogP contribution in [0.3, 0.4) is 0 Å². The standard InChI is InChI=1S/C5H5NO2.C3H8.H2/c1-3-5(8)6-4(2)7;1-3-2;/h1H,2H3,(H,6,7,8);3H2,1-2H3;1H. The first-order valence-electron chi connectivity index (χ1n) is 3.36. The van der Waals surface area contributed by atoms with Crippen molar-refractivity contribution in [3.05, 3.63) is 0 Å². The highest BCUT2D eigenvalue weighted by atomic mass is 16.2. The predicted molar refractivity (Wildman–Crippen MR) is 45.7 cm³/mol. The Hall–Kier alpha value is -1.30. The van der Waals surface area contributed by atoms with Gasteiger partial charge in [-0.3, -0.25) is 14.9 Å². The van der Waals surface area contributed by atoms with E-state index in [0.717, 1.165) is 0 Å². The summed E-state index contributed by atoms with van der Waals surface area (Å²) in [5, 5.41) is 1.88. The minimum absolute atomic E-state index is 0. The van der Waals surface area contributed by atoms with Crippen molar-refractivity contribution in [2.24, 2.45) is 0 Å². The molecule has 11 heavy (non-hydrogen) atoms. The summed E-state index contributed by atoms with van der Waals surface area (Å²) in [5.41, 5.74) is 0. The first-order chi connectivity index (χ1) is 5.08. The minimum atomic E-state index is -0.697. The van der Waals surface area contributed by atoms with E-state index >= 15 is 0 Å². The first kappa shape index (κ1) is 12.4. The topological polar surface area (TPSA) is 46.2 Å². The third-order valence-electron chi connectivity index (χ3n) is 0.421. The first-order valence-corrected chi connectivity index (χ1v) is 3.36. The van der Waals surface area contributed by atoms with Crippen molar-refractivity contribution in [1.82, 2.24) is 5.32 Å². The Kier molecular flexibility index (Phi) is 9.79. The molecule has 64 valence electrons. The highest BCUT2D eigenvalue weighted by molar-refractivity contribution is 6.03. The van der Waals surface area contributed by atoms with Crippen LogP contribution in [-0.2, 0) is 9.59 Å². The van der Waals surface area contributed by atoms with E-state index in [1.807, 2.05) is 5.32 Å². The zero-order valence-corrected chi connectivity index (χ0v) is 7.10. The van der Waals surface area contributed by atoms with E-state index in [0.29, 0.717) is 0 Å². The van der Waals surface area contributed by atoms with Crippen LogP contribution in [0.5, 0.6) is 0 Å². The molecule has 0 spiro atoms. The average molecular weight is 157 g/mol. The molecule has 0 heterocycles. The molecular weight excluding hydrogens is 142 g/mol. The molecule has 0 rings (SSSR count). The Morgan fingerprint density at radius 3 is 2.00 bits per heavy atom. The Morgan fingerprint density at radius 1 is 1.55 bits per heavy atom. The molecule has 0 saturated heterocycles. The summed E-state index contributed by atoms with van der Waals surface area (Å²) in [6, 6.07) is 0. The Labute approximate surface area is 68.7 Å². The van der Waals surface area contributed by atoms with Gasteiger partial charge >= 0.3 is 5.91 Å². The lowest BCUT2D eigenvalue weighted by Crippen LogP contribution is -2.25. The molecule has 0 saturated carbocycles. The van der Waals surface area contributed by atoms with Crippen LogP contribution in [0.15, 0.2) is 0 Å². The van der Waals surface area contributed by atoms with Crippen LogP contribution in [0.25, 0.3) is 0 Å². The van der Waals surface area contributed by atoms with Crippen LogP contribution in [0.2, 0.25) is 0 Å². The fourth-order valence-corrected chi connectivity index (χ4v) is 0.196. The maximum atomic E-state index is 10.1. The molecule has 0 aliphatic heterocycles. The molecule has 0 fully saturated rings. The molecule has 0 aromatic carbocycles. The lowest BCUT2D eigenvalue weighted by Gasteiger charge is -1.87. The third kappa shape index (κ3) is 17.7. The monoisotopic (exact) mass is 157 g/mol. The molecule has 0 radical (unpaired) electrons. The van der Waals surface area contributed by atoms with Crippen LogP contribution in [0.4, 0.5) is 0 Å². The number of amides is 2. The summed E-state index contributed by atoms with van der Waals surface area (Å²) in [7, 11) is 0. The van der Waals surface area contributed by atoms with Crippen molar-refractivity contribution < 1.29 is 11.0 Å². The van der Waals surface area contributed by atoms with Crippen LogP contribution < -0.4 is 5.32 Å². The fourth-order valence-electron chi connectivity index (χ4n) is 0.196. The van der Waals surface area contributed by atoms with Gasteiger partial charge in [0, 0.05) is 8.35 Å². The number of imide groups is 1. The summed E-state index contributed by atoms with van der Waals surface area (Å²) < 4.78 is 0. The molecule has 1 N–H and O–H groups in total. The molecule has 2 amide bonds. The van der Waals surface area contributed by atoms with E-state index < -0.39 is 11.8 Å². The SMILES string of the molecule is C#CC(=O)NC(C)=O.CCC.[HH]. The number of hydrogen-bond acceptors (Lipinski definition) is 2. The van der Waals surface area contributed by atoms with Gasteiger partial charge in [0.25, 0.3) is 0 Å². The minimum Gasteiger partial charge on any atom is -0.286 e. The summed E-state index contributed by atoms with van der Waals surface area (Å²) in [5.74, 6) is 0.592. The van der Waals surface area contributed by atoms with Crippen molar-refractivity contribution in [3.8, 4) is 12.3 Å². The van der Waals surface area contributed by atoms with Crippen LogP contribution >= 0.6 is 0 Å². The van der Waals surface area contributed by atoms with Gasteiger partial charge in [-0.05, 0) is 5.92 Å². The summed E-state index contributed by atoms with van der Waals surface area (Å²) in [6.45, 7) is 5.47. The van der Waals surface area contributed by atoms with E-state index in [4.69, 9.17) is 0 Å². The highest BCUT2D eigenvalue weighted by Gasteiger charge is 1.94. The van der Waals surface area contributed by atoms with Crippen LogP contribution in [0, 0.1) is 12.3 Å². The van der Waals surface area contributed by atoms with Crippen molar-refractivity contribution in [1.29, 1.82) is 0 Å². The number of hydrogen-bond donors (Lipinski definition) is 1. The molecule has 0 aliphatic carbocycles. The lowest BCUT2D eigenvalue weighted by molar-refractivity contribution is -0.126. The molecular formula is C8H15NO2. The van der Waals surface area contributed by atoms with Gasteiger partial charge in [-0.1, -0.05) is 20.3 Å². The third-order valence-corrected chi connectivity index (χ3v) is 0.421. The second-order valence-electron chi connectivity index (χ2n) is 1.86. The van der Waals surface area contributed by atoms with Gasteiger partial charge in [0.2, 0.25) is 5.91 Å². The largest absolute Gasteiger partial charge is 0.302 e. The zero-order chi connectivity index (χ0) is 9.28. The van der Waals surface area contributed by atoms with Gasteiger partial charge in [-0.15, -0.1) is 6.42 Å². The Morgan fingerprint density at radius 2 is 1.91 bits per heavy atom. The van der Waals surface area contributed by atoms with Gasteiger partial charge in [0.15, 0.2) is 0 Å². The number of carbonyl (C=O) groups is 2. The second kappa shape index (κ2) is 8.70. The normalized spacial score (nSPS) is 6.73. The Balaban J connectivity index is -0.000000177. The van der Waals surface area contributed by atoms with Crippen LogP contribution in [-0.4, -0.2) is 11.8 Å². The van der Waals surface area contributed by atoms with E-state index in [1.165, 1.54) is 13.3 Å². The molecule has 3 heteroatoms. The predicted octanol–water partition coefficient (Wildman–Crippen LogP) is 0.945. The van der Waals surface area contributed by atoms with Gasteiger partial charge in [-0.25, -0.2) is 0 Å². The number of carbonyl (C=O) groups excluding carboxylic acids is 2. The summed E-state index contributed by atoms with van der Waals surface area (Å²) in [4.78, 5) is 20.0. The quantitative estimate of drug-likeness (QED) is 0.532. The molecule has 3 nitrogen and oxygen atoms in total. The van der Waals surface area contributed by atoms with E-state index in [-0.39, 0.29) is 1.43 Å². The van der Waals surface area contributed by atoms with Crippen molar-refractivity contribution >= 4 is 11.8 Å². The van der Waals surface area contributed by atoms with Gasteiger partial charge in [-0.2, -0.15) is 0 Å². The van der Waals surface area contributed by atoms with E-state index in [2.05, 4.69) is 20.3 Å². The smallest absolute Gasteiger partial charge is 0.286 e. The van der Waals surface area contributed by atoms with Gasteiger partial charge < -0.3 is 0 Å². The van der Waals surface area contributed by atoms with Gasteiger partial charge in [0.1, 0.15) is 0 Å².